The Balaban J connectivity index is 1.64. The fraction of sp³-hybridized carbons (Fsp3) is 0.100. The van der Waals surface area contributed by atoms with Crippen molar-refractivity contribution in [3.63, 3.8) is 0 Å². The summed E-state index contributed by atoms with van der Waals surface area (Å²) in [7, 11) is -3.78. The molecule has 0 unspecified atom stereocenters. The van der Waals surface area contributed by atoms with Crippen molar-refractivity contribution in [2.75, 3.05) is 21.6 Å². The van der Waals surface area contributed by atoms with Crippen LogP contribution in [0.3, 0.4) is 0 Å². The number of hydrogen-bond donors (Lipinski definition) is 3. The molecule has 0 saturated carbocycles. The first-order valence-electron chi connectivity index (χ1n) is 9.02. The number of rotatable bonds is 7. The molecule has 0 spiro atoms. The molecular formula is C20H20FN5O3S. The minimum atomic E-state index is -3.78. The zero-order valence-corrected chi connectivity index (χ0v) is 16.9. The van der Waals surface area contributed by atoms with Crippen molar-refractivity contribution in [1.82, 2.24) is 10.4 Å². The number of carbonyl (C=O) groups excluding carboxylic acids is 1. The number of carbonyl (C=O) groups is 1. The first-order chi connectivity index (χ1) is 14.4. The molecule has 8 nitrogen and oxygen atoms in total. The van der Waals surface area contributed by atoms with Crippen LogP contribution < -0.4 is 20.5 Å². The van der Waals surface area contributed by atoms with Crippen LogP contribution in [0.25, 0.3) is 0 Å². The highest BCUT2D eigenvalue weighted by Crippen LogP contribution is 2.23. The van der Waals surface area contributed by atoms with E-state index in [-0.39, 0.29) is 17.3 Å². The second-order valence-electron chi connectivity index (χ2n) is 6.10. The second-order valence-corrected chi connectivity index (χ2v) is 7.96. The Hall–Kier alpha value is -3.66. The number of para-hydroxylation sites is 1. The zero-order chi connectivity index (χ0) is 21.6. The fourth-order valence-corrected chi connectivity index (χ4v) is 4.06. The maximum Gasteiger partial charge on any atom is 0.337 e. The number of sulfonamides is 1. The summed E-state index contributed by atoms with van der Waals surface area (Å²) in [5.74, 6) is -0.168. The highest BCUT2D eigenvalue weighted by molar-refractivity contribution is 7.92. The molecular weight excluding hydrogens is 409 g/mol. The molecule has 0 aliphatic carbocycles. The monoisotopic (exact) mass is 429 g/mol. The first kappa shape index (κ1) is 21.1. The molecule has 0 atom stereocenters. The molecule has 0 fully saturated rings. The second kappa shape index (κ2) is 9.23. The van der Waals surface area contributed by atoms with Gasteiger partial charge in [-0.05, 0) is 55.5 Å². The van der Waals surface area contributed by atoms with Crippen molar-refractivity contribution in [1.29, 1.82) is 0 Å². The van der Waals surface area contributed by atoms with E-state index in [9.17, 15) is 17.6 Å². The number of nitrogens with one attached hydrogen (secondary N) is 3. The van der Waals surface area contributed by atoms with Crippen LogP contribution in [-0.4, -0.2) is 26.0 Å². The van der Waals surface area contributed by atoms with E-state index in [0.717, 1.165) is 0 Å². The third-order valence-electron chi connectivity index (χ3n) is 4.06. The summed E-state index contributed by atoms with van der Waals surface area (Å²) in [4.78, 5) is 15.9. The normalized spacial score (nSPS) is 10.9. The van der Waals surface area contributed by atoms with Crippen LogP contribution in [0.15, 0.2) is 77.8 Å². The molecule has 156 valence electrons. The number of hydrazine groups is 1. The van der Waals surface area contributed by atoms with Gasteiger partial charge in [0.15, 0.2) is 0 Å². The quantitative estimate of drug-likeness (QED) is 0.498. The lowest BCUT2D eigenvalue weighted by Gasteiger charge is -2.22. The standard InChI is InChI=1S/C20H20FN5O3S/c1-2-26(17-6-4-3-5-7-17)30(28,29)18-12-13-19(22-14-18)24-25-20(27)23-16-10-8-15(21)9-11-16/h3-14H,2H2,1H3,(H,22,24)(H2,23,25,27). The highest BCUT2D eigenvalue weighted by atomic mass is 32.2. The predicted octanol–water partition coefficient (Wildman–Crippen LogP) is 3.58. The van der Waals surface area contributed by atoms with Gasteiger partial charge in [0.25, 0.3) is 10.0 Å². The van der Waals surface area contributed by atoms with E-state index in [4.69, 9.17) is 0 Å². The van der Waals surface area contributed by atoms with Gasteiger partial charge in [-0.25, -0.2) is 22.6 Å². The summed E-state index contributed by atoms with van der Waals surface area (Å²) < 4.78 is 40.0. The summed E-state index contributed by atoms with van der Waals surface area (Å²) in [5.41, 5.74) is 5.90. The van der Waals surface area contributed by atoms with Crippen LogP contribution in [0.2, 0.25) is 0 Å². The van der Waals surface area contributed by atoms with Gasteiger partial charge in [0.1, 0.15) is 16.5 Å². The molecule has 2 aromatic carbocycles. The van der Waals surface area contributed by atoms with Crippen LogP contribution in [-0.2, 0) is 10.0 Å². The summed E-state index contributed by atoms with van der Waals surface area (Å²) in [6, 6.07) is 16.3. The lowest BCUT2D eigenvalue weighted by Crippen LogP contribution is -2.34. The first-order valence-corrected chi connectivity index (χ1v) is 10.5. The zero-order valence-electron chi connectivity index (χ0n) is 16.0. The van der Waals surface area contributed by atoms with Gasteiger partial charge >= 0.3 is 6.03 Å². The summed E-state index contributed by atoms with van der Waals surface area (Å²) in [6.07, 6.45) is 1.21. The molecule has 0 aliphatic heterocycles. The maximum absolute atomic E-state index is 12.9. The van der Waals surface area contributed by atoms with E-state index in [1.165, 1.54) is 46.9 Å². The molecule has 3 rings (SSSR count). The molecule has 0 bridgehead atoms. The Bertz CT molecular complexity index is 1090. The number of halogens is 1. The maximum atomic E-state index is 12.9. The Morgan fingerprint density at radius 3 is 2.33 bits per heavy atom. The number of aromatic nitrogens is 1. The van der Waals surface area contributed by atoms with Crippen LogP contribution in [0.1, 0.15) is 6.92 Å². The number of hydrogen-bond acceptors (Lipinski definition) is 5. The van der Waals surface area contributed by atoms with Gasteiger partial charge in [-0.3, -0.25) is 15.2 Å². The van der Waals surface area contributed by atoms with Crippen molar-refractivity contribution < 1.29 is 17.6 Å². The average Bonchev–Trinajstić information content (AvgIpc) is 2.75. The van der Waals surface area contributed by atoms with Gasteiger partial charge in [0.2, 0.25) is 0 Å². The van der Waals surface area contributed by atoms with Crippen molar-refractivity contribution >= 4 is 33.2 Å². The smallest absolute Gasteiger partial charge is 0.307 e. The predicted molar refractivity (Wildman–Crippen MR) is 113 cm³/mol. The van der Waals surface area contributed by atoms with Crippen molar-refractivity contribution in [3.05, 3.63) is 78.7 Å². The lowest BCUT2D eigenvalue weighted by atomic mass is 10.3. The number of benzene rings is 2. The topological polar surface area (TPSA) is 103 Å². The lowest BCUT2D eigenvalue weighted by molar-refractivity contribution is 0.254. The van der Waals surface area contributed by atoms with Gasteiger partial charge in [-0.2, -0.15) is 0 Å². The van der Waals surface area contributed by atoms with E-state index in [1.807, 2.05) is 6.07 Å². The summed E-state index contributed by atoms with van der Waals surface area (Å²) in [6.45, 7) is 2.01. The molecule has 3 aromatic rings. The van der Waals surface area contributed by atoms with Gasteiger partial charge < -0.3 is 5.32 Å². The van der Waals surface area contributed by atoms with Gasteiger partial charge in [0.05, 0.1) is 5.69 Å². The third-order valence-corrected chi connectivity index (χ3v) is 5.95. The third kappa shape index (κ3) is 5.03. The summed E-state index contributed by atoms with van der Waals surface area (Å²) in [5, 5.41) is 2.51. The van der Waals surface area contributed by atoms with E-state index in [2.05, 4.69) is 21.2 Å². The number of pyridine rings is 1. The number of amides is 2. The largest absolute Gasteiger partial charge is 0.337 e. The van der Waals surface area contributed by atoms with Gasteiger partial charge in [-0.15, -0.1) is 0 Å². The van der Waals surface area contributed by atoms with Crippen LogP contribution in [0.5, 0.6) is 0 Å². The molecule has 1 heterocycles. The Morgan fingerprint density at radius 2 is 1.73 bits per heavy atom. The molecule has 1 aromatic heterocycles. The molecule has 0 radical (unpaired) electrons. The number of anilines is 3. The van der Waals surface area contributed by atoms with E-state index in [1.54, 1.807) is 31.2 Å². The molecule has 0 aliphatic rings. The van der Waals surface area contributed by atoms with Crippen LogP contribution in [0.4, 0.5) is 26.4 Å². The van der Waals surface area contributed by atoms with E-state index >= 15 is 0 Å². The van der Waals surface area contributed by atoms with Gasteiger partial charge in [0, 0.05) is 18.4 Å². The van der Waals surface area contributed by atoms with E-state index in [0.29, 0.717) is 11.4 Å². The molecule has 3 N–H and O–H groups in total. The summed E-state index contributed by atoms with van der Waals surface area (Å²) >= 11 is 0. The van der Waals surface area contributed by atoms with Gasteiger partial charge in [-0.1, -0.05) is 18.2 Å². The van der Waals surface area contributed by atoms with Crippen LogP contribution in [0, 0.1) is 5.82 Å². The highest BCUT2D eigenvalue weighted by Gasteiger charge is 2.23. The fourth-order valence-electron chi connectivity index (χ4n) is 2.64. The Labute approximate surface area is 173 Å². The van der Waals surface area contributed by atoms with E-state index < -0.39 is 21.9 Å². The number of nitrogens with zero attached hydrogens (tertiary/aromatic N) is 2. The minimum Gasteiger partial charge on any atom is -0.307 e. The molecule has 0 saturated heterocycles. The average molecular weight is 429 g/mol. The Kier molecular flexibility index (Phi) is 6.48. The van der Waals surface area contributed by atoms with Crippen molar-refractivity contribution in [3.8, 4) is 0 Å². The van der Waals surface area contributed by atoms with Crippen molar-refractivity contribution in [2.45, 2.75) is 11.8 Å². The Morgan fingerprint density at radius 1 is 1.03 bits per heavy atom. The van der Waals surface area contributed by atoms with Crippen LogP contribution >= 0.6 is 0 Å². The number of urea groups is 1. The molecule has 30 heavy (non-hydrogen) atoms. The molecule has 2 amide bonds. The van der Waals surface area contributed by atoms with Crippen molar-refractivity contribution in [2.24, 2.45) is 0 Å². The SMILES string of the molecule is CCN(c1ccccc1)S(=O)(=O)c1ccc(NNC(=O)Nc2ccc(F)cc2)nc1. The molecule has 10 heteroatoms. The minimum absolute atomic E-state index is 0.0227.